The predicted molar refractivity (Wildman–Crippen MR) is 115 cm³/mol. The van der Waals surface area contributed by atoms with Crippen LogP contribution in [0.1, 0.15) is 19.5 Å². The molecule has 2 atom stereocenters. The van der Waals surface area contributed by atoms with Crippen LogP contribution in [0.3, 0.4) is 0 Å². The third-order valence-corrected chi connectivity index (χ3v) is 6.55. The lowest BCUT2D eigenvalue weighted by atomic mass is 10.1. The average Bonchev–Trinajstić information content (AvgIpc) is 3.34. The number of aromatic amines is 1. The molecule has 2 aliphatic heterocycles. The minimum atomic E-state index is 0.285. The zero-order valence-corrected chi connectivity index (χ0v) is 17.8. The van der Waals surface area contributed by atoms with Crippen molar-refractivity contribution in [2.24, 2.45) is 0 Å². The molecule has 3 aromatic heterocycles. The summed E-state index contributed by atoms with van der Waals surface area (Å²) in [7, 11) is 0. The van der Waals surface area contributed by atoms with Gasteiger partial charge in [0.25, 0.3) is 0 Å². The summed E-state index contributed by atoms with van der Waals surface area (Å²) in [5.74, 6) is 0.986. The Labute approximate surface area is 174 Å². The number of pyridine rings is 1. The first-order valence-electron chi connectivity index (χ1n) is 10.1. The standard InChI is InChI=1S/C20H26N6O2S/c1-12-8-15(23-22-12)18-19-20(29-24-18)16(25-4-6-27-10-13(25)2)9-17(21-19)26-5-7-28-11-14(26)3/h8-9,13-14H,4-7,10-11H2,1-3H3,(H,22,23)/t13-,14+/m0/s1. The lowest BCUT2D eigenvalue weighted by Gasteiger charge is -2.37. The van der Waals surface area contributed by atoms with Gasteiger partial charge in [0.15, 0.2) is 0 Å². The van der Waals surface area contributed by atoms with E-state index in [4.69, 9.17) is 18.8 Å². The molecule has 0 saturated carbocycles. The minimum absolute atomic E-state index is 0.285. The number of aryl methyl sites for hydroxylation is 1. The first kappa shape index (κ1) is 18.8. The number of hydrogen-bond donors (Lipinski definition) is 1. The molecule has 0 radical (unpaired) electrons. The van der Waals surface area contributed by atoms with E-state index in [1.54, 1.807) is 0 Å². The average molecular weight is 415 g/mol. The van der Waals surface area contributed by atoms with E-state index in [0.29, 0.717) is 6.04 Å². The fraction of sp³-hybridized carbons (Fsp3) is 0.550. The van der Waals surface area contributed by atoms with Crippen molar-refractivity contribution in [2.45, 2.75) is 32.9 Å². The molecule has 9 heteroatoms. The largest absolute Gasteiger partial charge is 0.377 e. The van der Waals surface area contributed by atoms with Crippen molar-refractivity contribution in [1.82, 2.24) is 19.6 Å². The zero-order chi connectivity index (χ0) is 20.0. The molecule has 0 unspecified atom stereocenters. The van der Waals surface area contributed by atoms with Crippen LogP contribution in [0.25, 0.3) is 21.6 Å². The molecule has 1 N–H and O–H groups in total. The van der Waals surface area contributed by atoms with Gasteiger partial charge in [-0.15, -0.1) is 0 Å². The van der Waals surface area contributed by atoms with E-state index in [1.807, 2.05) is 13.0 Å². The van der Waals surface area contributed by atoms with Crippen LogP contribution in [0.4, 0.5) is 11.5 Å². The van der Waals surface area contributed by atoms with E-state index >= 15 is 0 Å². The fourth-order valence-electron chi connectivity index (χ4n) is 4.12. The van der Waals surface area contributed by atoms with Crippen LogP contribution in [0.5, 0.6) is 0 Å². The Balaban J connectivity index is 1.68. The summed E-state index contributed by atoms with van der Waals surface area (Å²) in [5, 5.41) is 7.39. The van der Waals surface area contributed by atoms with Crippen LogP contribution >= 0.6 is 11.5 Å². The van der Waals surface area contributed by atoms with Gasteiger partial charge in [-0.05, 0) is 38.4 Å². The number of aromatic nitrogens is 4. The van der Waals surface area contributed by atoms with Gasteiger partial charge in [0.1, 0.15) is 17.0 Å². The third-order valence-electron chi connectivity index (χ3n) is 5.69. The van der Waals surface area contributed by atoms with E-state index < -0.39 is 0 Å². The molecule has 154 valence electrons. The quantitative estimate of drug-likeness (QED) is 0.706. The molecule has 5 rings (SSSR count). The van der Waals surface area contributed by atoms with Crippen molar-refractivity contribution < 1.29 is 9.47 Å². The lowest BCUT2D eigenvalue weighted by Crippen LogP contribution is -2.45. The summed E-state index contributed by atoms with van der Waals surface area (Å²) in [5.41, 5.74) is 4.86. The Morgan fingerprint density at radius 2 is 1.79 bits per heavy atom. The van der Waals surface area contributed by atoms with Crippen molar-refractivity contribution in [2.75, 3.05) is 49.3 Å². The Hall–Kier alpha value is -2.23. The Morgan fingerprint density at radius 1 is 1.07 bits per heavy atom. The number of morpholine rings is 2. The van der Waals surface area contributed by atoms with Crippen molar-refractivity contribution in [3.63, 3.8) is 0 Å². The number of anilines is 2. The number of nitrogens with zero attached hydrogens (tertiary/aromatic N) is 5. The Kier molecular flexibility index (Phi) is 4.89. The summed E-state index contributed by atoms with van der Waals surface area (Å²) in [6, 6.07) is 4.85. The van der Waals surface area contributed by atoms with Crippen molar-refractivity contribution in [3.05, 3.63) is 17.8 Å². The van der Waals surface area contributed by atoms with Gasteiger partial charge in [-0.3, -0.25) is 5.10 Å². The first-order valence-corrected chi connectivity index (χ1v) is 10.9. The molecule has 0 aromatic carbocycles. The normalized spacial score (nSPS) is 23.1. The smallest absolute Gasteiger partial charge is 0.131 e. The molecule has 0 spiro atoms. The number of H-pyrrole nitrogens is 1. The van der Waals surface area contributed by atoms with Crippen LogP contribution < -0.4 is 9.80 Å². The molecule has 0 aliphatic carbocycles. The highest BCUT2D eigenvalue weighted by Crippen LogP contribution is 2.39. The van der Waals surface area contributed by atoms with E-state index in [-0.39, 0.29) is 6.04 Å². The highest BCUT2D eigenvalue weighted by Gasteiger charge is 2.28. The SMILES string of the molecule is Cc1cc(-c2nsc3c(N4CCOC[C@@H]4C)cc(N4CCOC[C@H]4C)nc23)[nH]n1. The maximum Gasteiger partial charge on any atom is 0.131 e. The monoisotopic (exact) mass is 414 g/mol. The van der Waals surface area contributed by atoms with E-state index in [1.165, 1.54) is 17.2 Å². The van der Waals surface area contributed by atoms with Gasteiger partial charge in [-0.25, -0.2) is 4.98 Å². The highest BCUT2D eigenvalue weighted by molar-refractivity contribution is 7.14. The zero-order valence-electron chi connectivity index (χ0n) is 17.0. The maximum absolute atomic E-state index is 5.68. The predicted octanol–water partition coefficient (Wildman–Crippen LogP) is 2.84. The van der Waals surface area contributed by atoms with E-state index in [0.717, 1.165) is 72.6 Å². The first-order chi connectivity index (χ1) is 14.1. The molecule has 2 fully saturated rings. The second-order valence-corrected chi connectivity index (χ2v) is 8.64. The van der Waals surface area contributed by atoms with Gasteiger partial charge in [0.2, 0.25) is 0 Å². The number of rotatable bonds is 3. The van der Waals surface area contributed by atoms with Crippen molar-refractivity contribution >= 4 is 33.3 Å². The molecule has 2 saturated heterocycles. The van der Waals surface area contributed by atoms with Gasteiger partial charge in [0.05, 0.1) is 54.2 Å². The molecule has 3 aromatic rings. The summed E-state index contributed by atoms with van der Waals surface area (Å²) < 4.78 is 17.2. The second-order valence-electron chi connectivity index (χ2n) is 7.87. The van der Waals surface area contributed by atoms with Crippen LogP contribution in [0.15, 0.2) is 12.1 Å². The number of ether oxygens (including phenoxy) is 2. The van der Waals surface area contributed by atoms with Crippen LogP contribution in [0, 0.1) is 6.92 Å². The molecule has 5 heterocycles. The summed E-state index contributed by atoms with van der Waals surface area (Å²) >= 11 is 1.51. The van der Waals surface area contributed by atoms with Crippen molar-refractivity contribution in [1.29, 1.82) is 0 Å². The molecule has 0 bridgehead atoms. The van der Waals surface area contributed by atoms with Crippen LogP contribution in [-0.2, 0) is 9.47 Å². The van der Waals surface area contributed by atoms with Gasteiger partial charge in [0, 0.05) is 25.2 Å². The molecular formula is C20H26N6O2S. The Morgan fingerprint density at radius 3 is 2.45 bits per heavy atom. The van der Waals surface area contributed by atoms with Crippen LogP contribution in [-0.4, -0.2) is 71.2 Å². The number of fused-ring (bicyclic) bond motifs is 1. The van der Waals surface area contributed by atoms with E-state index in [2.05, 4.69) is 39.9 Å². The lowest BCUT2D eigenvalue weighted by molar-refractivity contribution is 0.0982. The molecule has 2 aliphatic rings. The van der Waals surface area contributed by atoms with Crippen molar-refractivity contribution in [3.8, 4) is 11.4 Å². The molecule has 0 amide bonds. The minimum Gasteiger partial charge on any atom is -0.377 e. The molecule has 29 heavy (non-hydrogen) atoms. The molecule has 8 nitrogen and oxygen atoms in total. The fourth-order valence-corrected chi connectivity index (χ4v) is 4.99. The third kappa shape index (κ3) is 3.37. The van der Waals surface area contributed by atoms with Gasteiger partial charge in [-0.1, -0.05) is 0 Å². The summed E-state index contributed by atoms with van der Waals surface area (Å²) in [4.78, 5) is 9.87. The Bertz CT molecular complexity index is 1020. The highest BCUT2D eigenvalue weighted by atomic mass is 32.1. The second kappa shape index (κ2) is 7.55. The summed E-state index contributed by atoms with van der Waals surface area (Å²) in [6.07, 6.45) is 0. The topological polar surface area (TPSA) is 79.4 Å². The van der Waals surface area contributed by atoms with Gasteiger partial charge >= 0.3 is 0 Å². The summed E-state index contributed by atoms with van der Waals surface area (Å²) in [6.45, 7) is 11.0. The van der Waals surface area contributed by atoms with Crippen LogP contribution in [0.2, 0.25) is 0 Å². The van der Waals surface area contributed by atoms with E-state index in [9.17, 15) is 0 Å². The maximum atomic E-state index is 5.68. The van der Waals surface area contributed by atoms with Gasteiger partial charge < -0.3 is 19.3 Å². The number of nitrogens with one attached hydrogen (secondary N) is 1. The van der Waals surface area contributed by atoms with Gasteiger partial charge in [-0.2, -0.15) is 9.47 Å². The molecular weight excluding hydrogens is 388 g/mol. The number of hydrogen-bond acceptors (Lipinski definition) is 8.